The number of hydrogen-bond acceptors (Lipinski definition) is 12. The number of carboxylic acid groups (broad SMARTS) is 1. The normalized spacial score (nSPS) is 18.9. The smallest absolute Gasteiger partial charge is 0.341 e. The molecule has 50 heavy (non-hydrogen) atoms. The van der Waals surface area contributed by atoms with Crippen LogP contribution in [0.4, 0.5) is 5.13 Å². The Morgan fingerprint density at radius 3 is 2.50 bits per heavy atom. The molecule has 2 aliphatic heterocycles. The molecule has 0 aliphatic carbocycles. The maximum absolute atomic E-state index is 11.8. The van der Waals surface area contributed by atoms with Gasteiger partial charge in [-0.15, -0.1) is 20.3 Å². The van der Waals surface area contributed by atoms with Crippen molar-refractivity contribution in [2.24, 2.45) is 30.3 Å². The molecule has 10 N–H and O–H groups in total. The Bertz CT molecular complexity index is 1620. The van der Waals surface area contributed by atoms with E-state index in [1.807, 2.05) is 37.7 Å². The lowest BCUT2D eigenvalue weighted by atomic mass is 9.75. The molecular formula is C31H49N8O9S2+. The van der Waals surface area contributed by atoms with Crippen molar-refractivity contribution >= 4 is 46.1 Å². The SMILES string of the molecule is CC.CC1(C)C(Cc2csc(N)n2)C(=O)N1OS(=O)O.C[n+]1cc(-c2ccc3c(c2)CCC(C(C)(ON)C(=O)O)O3)cn1CCCN.NC=O. The summed E-state index contributed by atoms with van der Waals surface area (Å²) < 4.78 is 33.9. The lowest BCUT2D eigenvalue weighted by Gasteiger charge is -2.50. The van der Waals surface area contributed by atoms with Gasteiger partial charge in [-0.3, -0.25) is 19.0 Å². The molecular weight excluding hydrogens is 693 g/mol. The topological polar surface area (TPSA) is 265 Å². The lowest BCUT2D eigenvalue weighted by Crippen LogP contribution is -2.68. The zero-order valence-electron chi connectivity index (χ0n) is 29.1. The van der Waals surface area contributed by atoms with Crippen molar-refractivity contribution in [1.82, 2.24) is 14.7 Å². The summed E-state index contributed by atoms with van der Waals surface area (Å²) in [6.45, 7) is 10.5. The number of carboxylic acids is 1. The van der Waals surface area contributed by atoms with Crippen LogP contribution in [0.25, 0.3) is 11.1 Å². The van der Waals surface area contributed by atoms with Crippen LogP contribution >= 0.6 is 11.3 Å². The van der Waals surface area contributed by atoms with E-state index in [0.717, 1.165) is 40.4 Å². The third kappa shape index (κ3) is 10.1. The molecule has 19 heteroatoms. The maximum Gasteiger partial charge on any atom is 0.341 e. The average molecular weight is 742 g/mol. The second-order valence-electron chi connectivity index (χ2n) is 11.7. The van der Waals surface area contributed by atoms with E-state index in [0.29, 0.717) is 36.7 Å². The average Bonchev–Trinajstić information content (AvgIpc) is 3.69. The Hall–Kier alpha value is -3.98. The summed E-state index contributed by atoms with van der Waals surface area (Å²) >= 11 is -1.18. The Morgan fingerprint density at radius 1 is 1.32 bits per heavy atom. The van der Waals surface area contributed by atoms with E-state index in [-0.39, 0.29) is 18.2 Å². The van der Waals surface area contributed by atoms with Gasteiger partial charge in [0.05, 0.1) is 35.5 Å². The number of aliphatic carboxylic acids is 1. The van der Waals surface area contributed by atoms with Crippen molar-refractivity contribution in [1.29, 1.82) is 0 Å². The molecule has 4 atom stereocenters. The van der Waals surface area contributed by atoms with Crippen LogP contribution in [0.15, 0.2) is 36.0 Å². The molecule has 0 radical (unpaired) electrons. The first kappa shape index (κ1) is 42.2. The molecule has 2 aromatic heterocycles. The van der Waals surface area contributed by atoms with Gasteiger partial charge in [-0.05, 0) is 69.8 Å². The third-order valence-electron chi connectivity index (χ3n) is 8.23. The van der Waals surface area contributed by atoms with Gasteiger partial charge in [0.1, 0.15) is 11.9 Å². The van der Waals surface area contributed by atoms with Crippen LogP contribution in [0, 0.1) is 5.92 Å². The molecule has 5 rings (SSSR count). The van der Waals surface area contributed by atoms with Gasteiger partial charge in [-0.1, -0.05) is 19.9 Å². The van der Waals surface area contributed by atoms with Gasteiger partial charge in [0.25, 0.3) is 5.91 Å². The van der Waals surface area contributed by atoms with E-state index < -0.39 is 34.6 Å². The summed E-state index contributed by atoms with van der Waals surface area (Å²) in [6, 6.07) is 5.95. The largest absolute Gasteiger partial charge is 0.486 e. The van der Waals surface area contributed by atoms with E-state index in [1.54, 1.807) is 19.2 Å². The minimum absolute atomic E-state index is 0.250. The van der Waals surface area contributed by atoms with E-state index in [4.69, 9.17) is 36.3 Å². The Morgan fingerprint density at radius 2 is 1.98 bits per heavy atom. The van der Waals surface area contributed by atoms with E-state index in [2.05, 4.69) is 38.1 Å². The van der Waals surface area contributed by atoms with Crippen molar-refractivity contribution < 1.29 is 46.8 Å². The predicted molar refractivity (Wildman–Crippen MR) is 187 cm³/mol. The Kier molecular flexibility index (Phi) is 15.9. The number of amides is 2. The monoisotopic (exact) mass is 741 g/mol. The molecule has 278 valence electrons. The van der Waals surface area contributed by atoms with Gasteiger partial charge in [0, 0.05) is 11.8 Å². The van der Waals surface area contributed by atoms with Gasteiger partial charge in [-0.25, -0.2) is 15.7 Å². The second kappa shape index (κ2) is 18.9. The number of nitrogens with two attached hydrogens (primary N) is 4. The number of hydrogen-bond donors (Lipinski definition) is 6. The second-order valence-corrected chi connectivity index (χ2v) is 13.2. The first-order valence-electron chi connectivity index (χ1n) is 15.8. The lowest BCUT2D eigenvalue weighted by molar-refractivity contribution is -0.753. The third-order valence-corrected chi connectivity index (χ3v) is 9.23. The number of carbonyl (C=O) groups is 3. The Labute approximate surface area is 297 Å². The van der Waals surface area contributed by atoms with Crippen molar-refractivity contribution in [2.45, 2.75) is 84.1 Å². The molecule has 1 fully saturated rings. The number of rotatable bonds is 11. The van der Waals surface area contributed by atoms with Crippen LogP contribution in [-0.2, 0) is 61.3 Å². The van der Waals surface area contributed by atoms with Gasteiger partial charge >= 0.3 is 17.3 Å². The van der Waals surface area contributed by atoms with E-state index in [1.165, 1.54) is 18.3 Å². The fourth-order valence-corrected chi connectivity index (χ4v) is 6.34. The first-order chi connectivity index (χ1) is 23.6. The number of benzene rings is 1. The summed E-state index contributed by atoms with van der Waals surface area (Å²) in [4.78, 5) is 40.8. The first-order valence-corrected chi connectivity index (χ1v) is 17.7. The summed E-state index contributed by atoms with van der Waals surface area (Å²) in [6.07, 6.45) is 6.36. The highest BCUT2D eigenvalue weighted by molar-refractivity contribution is 7.74. The van der Waals surface area contributed by atoms with Crippen LogP contribution in [-0.4, -0.2) is 70.7 Å². The number of β-lactam (4-membered cyclic amide) rings is 1. The van der Waals surface area contributed by atoms with Crippen LogP contribution < -0.4 is 32.5 Å². The highest BCUT2D eigenvalue weighted by Gasteiger charge is 2.56. The predicted octanol–water partition coefficient (Wildman–Crippen LogP) is 1.46. The summed E-state index contributed by atoms with van der Waals surface area (Å²) in [5.41, 5.74) is 17.1. The summed E-state index contributed by atoms with van der Waals surface area (Å²) in [5, 5.41) is 12.6. The number of ether oxygens (including phenoxy) is 1. The maximum atomic E-state index is 11.8. The number of fused-ring (bicyclic) bond motifs is 1. The quantitative estimate of drug-likeness (QED) is 0.0535. The fraction of sp³-hybridized carbons (Fsp3) is 0.516. The molecule has 2 aliphatic rings. The number of nitrogen functional groups attached to an aromatic ring is 1. The molecule has 2 amide bonds. The number of aromatic nitrogens is 3. The van der Waals surface area contributed by atoms with Crippen molar-refractivity contribution in [3.05, 3.63) is 47.2 Å². The van der Waals surface area contributed by atoms with Crippen LogP contribution in [0.1, 0.15) is 58.7 Å². The minimum atomic E-state index is -2.50. The molecule has 1 aromatic carbocycles. The minimum Gasteiger partial charge on any atom is -0.486 e. The number of carbonyl (C=O) groups excluding carboxylic acids is 2. The number of primary amides is 1. The fourth-order valence-electron chi connectivity index (χ4n) is 5.37. The van der Waals surface area contributed by atoms with Crippen LogP contribution in [0.2, 0.25) is 0 Å². The number of nitrogens with zero attached hydrogens (tertiary/aromatic N) is 4. The number of thiazole rings is 1. The van der Waals surface area contributed by atoms with Crippen molar-refractivity contribution in [3.8, 4) is 16.9 Å². The van der Waals surface area contributed by atoms with Gasteiger partial charge in [0.2, 0.25) is 18.2 Å². The molecule has 0 spiro atoms. The number of aryl methyl sites for hydroxylation is 3. The molecule has 1 saturated heterocycles. The highest BCUT2D eigenvalue weighted by Crippen LogP contribution is 2.40. The molecule has 0 saturated carbocycles. The Balaban J connectivity index is 0.000000326. The molecule has 17 nitrogen and oxygen atoms in total. The molecule has 3 aromatic rings. The van der Waals surface area contributed by atoms with Crippen molar-refractivity contribution in [2.75, 3.05) is 12.3 Å². The number of anilines is 1. The van der Waals surface area contributed by atoms with Gasteiger partial charge < -0.3 is 27.0 Å². The molecule has 0 bridgehead atoms. The van der Waals surface area contributed by atoms with Crippen LogP contribution in [0.5, 0.6) is 5.75 Å². The summed E-state index contributed by atoms with van der Waals surface area (Å²) in [5.74, 6) is 4.12. The standard InChI is InChI=1S/C19H26N4O4.C9H13N3O4S2.C2H6.CH3NO/c1-19(27-21,18(24)25)17-7-5-14-10-13(4-6-16(14)26-17)15-11-22(2)23(12-15)9-3-8-20;1-9(2)6(3-5-4-17-8(10)11-5)7(13)12(9)16-18(14)15;1-2;2-1-3/h4,6,10-12,17H,3,5,7-9,20-21H2,1-2H3;4,6H,3H2,1-2H3,(H2,10,11)(H,14,15);1-2H3;1H,(H2,2,3)/p+1. The van der Waals surface area contributed by atoms with Gasteiger partial charge in [-0.2, -0.15) is 14.0 Å². The zero-order valence-corrected chi connectivity index (χ0v) is 30.7. The summed E-state index contributed by atoms with van der Waals surface area (Å²) in [7, 11) is 2.01. The van der Waals surface area contributed by atoms with Crippen LogP contribution in [0.3, 0.4) is 0 Å². The van der Waals surface area contributed by atoms with E-state index in [9.17, 15) is 18.9 Å². The number of hydroxylamine groups is 2. The highest BCUT2D eigenvalue weighted by atomic mass is 32.2. The molecule has 4 heterocycles. The van der Waals surface area contributed by atoms with Gasteiger partial charge in [0.15, 0.2) is 12.2 Å². The zero-order chi connectivity index (χ0) is 37.8. The van der Waals surface area contributed by atoms with E-state index >= 15 is 0 Å². The van der Waals surface area contributed by atoms with Crippen molar-refractivity contribution in [3.63, 3.8) is 0 Å². The molecule has 4 unspecified atom stereocenters.